The fourth-order valence-electron chi connectivity index (χ4n) is 1.97. The summed E-state index contributed by atoms with van der Waals surface area (Å²) in [5.41, 5.74) is 1.22. The maximum Gasteiger partial charge on any atom is 0.240 e. The molecule has 0 bridgehead atoms. The number of benzene rings is 1. The molecule has 0 aliphatic carbocycles. The van der Waals surface area contributed by atoms with E-state index in [0.29, 0.717) is 11.4 Å². The van der Waals surface area contributed by atoms with E-state index in [2.05, 4.69) is 21.1 Å². The molecule has 22 heavy (non-hydrogen) atoms. The largest absolute Gasteiger partial charge is 0.362 e. The van der Waals surface area contributed by atoms with Gasteiger partial charge in [0, 0.05) is 6.20 Å². The van der Waals surface area contributed by atoms with Crippen LogP contribution in [0, 0.1) is 11.3 Å². The first-order chi connectivity index (χ1) is 10.5. The number of anilines is 1. The summed E-state index contributed by atoms with van der Waals surface area (Å²) >= 11 is 0. The molecule has 0 saturated heterocycles. The first-order valence-electron chi connectivity index (χ1n) is 6.63. The Balaban J connectivity index is 2.29. The Bertz CT molecular complexity index is 812. The van der Waals surface area contributed by atoms with Crippen LogP contribution in [-0.4, -0.2) is 20.4 Å². The van der Waals surface area contributed by atoms with Crippen molar-refractivity contribution >= 4 is 15.8 Å². The van der Waals surface area contributed by atoms with E-state index in [9.17, 15) is 8.42 Å². The number of pyridine rings is 1. The summed E-state index contributed by atoms with van der Waals surface area (Å²) in [6, 6.07) is 11.9. The highest BCUT2D eigenvalue weighted by molar-refractivity contribution is 7.89. The molecule has 0 aliphatic rings. The van der Waals surface area contributed by atoms with Gasteiger partial charge in [-0.05, 0) is 43.8 Å². The summed E-state index contributed by atoms with van der Waals surface area (Å²) < 4.78 is 26.0. The number of hydrogen-bond acceptors (Lipinski definition) is 5. The Labute approximate surface area is 129 Å². The number of nitriles is 1. The Morgan fingerprint density at radius 3 is 2.73 bits per heavy atom. The second-order valence-electron chi connectivity index (χ2n) is 4.66. The molecule has 2 N–H and O–H groups in total. The lowest BCUT2D eigenvalue weighted by atomic mass is 10.1. The van der Waals surface area contributed by atoms with Crippen molar-refractivity contribution in [1.29, 1.82) is 5.26 Å². The maximum atomic E-state index is 11.8. The molecule has 0 radical (unpaired) electrons. The van der Waals surface area contributed by atoms with Crippen molar-refractivity contribution in [3.05, 3.63) is 53.7 Å². The van der Waals surface area contributed by atoms with Crippen LogP contribution in [0.4, 0.5) is 5.82 Å². The second-order valence-corrected chi connectivity index (χ2v) is 6.54. The smallest absolute Gasteiger partial charge is 0.240 e. The van der Waals surface area contributed by atoms with Crippen LogP contribution in [0.15, 0.2) is 47.5 Å². The van der Waals surface area contributed by atoms with E-state index in [1.54, 1.807) is 30.5 Å². The first kappa shape index (κ1) is 15.9. The van der Waals surface area contributed by atoms with Gasteiger partial charge in [-0.25, -0.2) is 18.1 Å². The minimum absolute atomic E-state index is 0.197. The van der Waals surface area contributed by atoms with Gasteiger partial charge in [0.05, 0.1) is 16.5 Å². The second kappa shape index (κ2) is 6.56. The fourth-order valence-corrected chi connectivity index (χ4v) is 2.75. The van der Waals surface area contributed by atoms with Gasteiger partial charge in [-0.1, -0.05) is 12.1 Å². The van der Waals surface area contributed by atoms with Gasteiger partial charge in [-0.3, -0.25) is 0 Å². The summed E-state index contributed by atoms with van der Waals surface area (Å²) in [4.78, 5) is 4.34. The van der Waals surface area contributed by atoms with Crippen molar-refractivity contribution in [2.75, 3.05) is 12.4 Å². The molecule has 0 aliphatic heterocycles. The van der Waals surface area contributed by atoms with E-state index in [1.165, 1.54) is 13.1 Å². The molecule has 0 spiro atoms. The van der Waals surface area contributed by atoms with Crippen molar-refractivity contribution in [2.45, 2.75) is 17.9 Å². The van der Waals surface area contributed by atoms with Gasteiger partial charge in [-0.15, -0.1) is 0 Å². The van der Waals surface area contributed by atoms with Crippen molar-refractivity contribution < 1.29 is 8.42 Å². The number of sulfonamides is 1. The Hall–Kier alpha value is -2.43. The standard InChI is InChI=1S/C15H16N4O2S/c1-11(19-15-13(10-16)6-4-8-18-15)12-5-3-7-14(9-12)22(20,21)17-2/h3-9,11,17H,1-2H3,(H,18,19). The number of hydrogen-bond donors (Lipinski definition) is 2. The van der Waals surface area contributed by atoms with Crippen LogP contribution in [0.2, 0.25) is 0 Å². The van der Waals surface area contributed by atoms with Crippen molar-refractivity contribution in [1.82, 2.24) is 9.71 Å². The molecule has 114 valence electrons. The van der Waals surface area contributed by atoms with Crippen LogP contribution >= 0.6 is 0 Å². The lowest BCUT2D eigenvalue weighted by Gasteiger charge is -2.16. The molecule has 1 heterocycles. The van der Waals surface area contributed by atoms with E-state index in [4.69, 9.17) is 5.26 Å². The van der Waals surface area contributed by atoms with Gasteiger partial charge in [0.25, 0.3) is 0 Å². The van der Waals surface area contributed by atoms with E-state index in [-0.39, 0.29) is 10.9 Å². The molecule has 0 saturated carbocycles. The van der Waals surface area contributed by atoms with Crippen molar-refractivity contribution in [2.24, 2.45) is 0 Å². The third kappa shape index (κ3) is 3.42. The molecule has 6 nitrogen and oxygen atoms in total. The van der Waals surface area contributed by atoms with Crippen molar-refractivity contribution in [3.8, 4) is 6.07 Å². The summed E-state index contributed by atoms with van der Waals surface area (Å²) in [5, 5.41) is 12.2. The molecular weight excluding hydrogens is 300 g/mol. The van der Waals surface area contributed by atoms with Gasteiger partial charge in [0.1, 0.15) is 11.9 Å². The van der Waals surface area contributed by atoms with E-state index in [1.807, 2.05) is 13.0 Å². The molecular formula is C15H16N4O2S. The Kier molecular flexibility index (Phi) is 4.75. The topological polar surface area (TPSA) is 94.9 Å². The highest BCUT2D eigenvalue weighted by Gasteiger charge is 2.14. The molecule has 7 heteroatoms. The third-order valence-corrected chi connectivity index (χ3v) is 4.63. The minimum atomic E-state index is -3.49. The normalized spacial score (nSPS) is 12.4. The van der Waals surface area contributed by atoms with E-state index >= 15 is 0 Å². The van der Waals surface area contributed by atoms with Gasteiger partial charge < -0.3 is 5.32 Å². The third-order valence-electron chi connectivity index (χ3n) is 3.22. The maximum absolute atomic E-state index is 11.8. The van der Waals surface area contributed by atoms with Crippen LogP contribution in [0.25, 0.3) is 0 Å². The van der Waals surface area contributed by atoms with Crippen LogP contribution in [0.5, 0.6) is 0 Å². The molecule has 0 fully saturated rings. The summed E-state index contributed by atoms with van der Waals surface area (Å²) in [6.45, 7) is 1.88. The number of nitrogens with one attached hydrogen (secondary N) is 2. The molecule has 1 aromatic carbocycles. The lowest BCUT2D eigenvalue weighted by Crippen LogP contribution is -2.19. The Morgan fingerprint density at radius 1 is 1.27 bits per heavy atom. The van der Waals surface area contributed by atoms with Gasteiger partial charge in [0.15, 0.2) is 0 Å². The van der Waals surface area contributed by atoms with E-state index in [0.717, 1.165) is 5.56 Å². The summed E-state index contributed by atoms with van der Waals surface area (Å²) in [5.74, 6) is 0.472. The van der Waals surface area contributed by atoms with Crippen LogP contribution in [0.1, 0.15) is 24.1 Å². The summed E-state index contributed by atoms with van der Waals surface area (Å²) in [6.07, 6.45) is 1.60. The van der Waals surface area contributed by atoms with Gasteiger partial charge in [0.2, 0.25) is 10.0 Å². The fraction of sp³-hybridized carbons (Fsp3) is 0.200. The zero-order valence-electron chi connectivity index (χ0n) is 12.2. The summed E-state index contributed by atoms with van der Waals surface area (Å²) in [7, 11) is -2.11. The van der Waals surface area contributed by atoms with Crippen LogP contribution < -0.4 is 10.0 Å². The molecule has 2 rings (SSSR count). The Morgan fingerprint density at radius 2 is 2.05 bits per heavy atom. The molecule has 1 unspecified atom stereocenters. The highest BCUT2D eigenvalue weighted by Crippen LogP contribution is 2.22. The number of nitrogens with zero attached hydrogens (tertiary/aromatic N) is 2. The number of aromatic nitrogens is 1. The predicted molar refractivity (Wildman–Crippen MR) is 83.7 cm³/mol. The predicted octanol–water partition coefficient (Wildman–Crippen LogP) is 2.03. The highest BCUT2D eigenvalue weighted by atomic mass is 32.2. The first-order valence-corrected chi connectivity index (χ1v) is 8.11. The minimum Gasteiger partial charge on any atom is -0.362 e. The number of rotatable bonds is 5. The average molecular weight is 316 g/mol. The van der Waals surface area contributed by atoms with Crippen molar-refractivity contribution in [3.63, 3.8) is 0 Å². The molecule has 0 amide bonds. The molecule has 2 aromatic rings. The zero-order valence-corrected chi connectivity index (χ0v) is 13.1. The average Bonchev–Trinajstić information content (AvgIpc) is 2.55. The lowest BCUT2D eigenvalue weighted by molar-refractivity contribution is 0.588. The van der Waals surface area contributed by atoms with Gasteiger partial charge >= 0.3 is 0 Å². The quantitative estimate of drug-likeness (QED) is 0.880. The monoisotopic (exact) mass is 316 g/mol. The molecule has 1 atom stereocenters. The van der Waals surface area contributed by atoms with E-state index < -0.39 is 10.0 Å². The van der Waals surface area contributed by atoms with Gasteiger partial charge in [-0.2, -0.15) is 5.26 Å². The SMILES string of the molecule is CNS(=O)(=O)c1cccc(C(C)Nc2ncccc2C#N)c1. The zero-order chi connectivity index (χ0) is 16.2. The molecule has 1 aromatic heterocycles. The van der Waals surface area contributed by atoms with Crippen LogP contribution in [-0.2, 0) is 10.0 Å². The van der Waals surface area contributed by atoms with Crippen LogP contribution in [0.3, 0.4) is 0 Å².